The van der Waals surface area contributed by atoms with Crippen LogP contribution < -0.4 is 14.9 Å². The Balaban J connectivity index is 1.71. The molecule has 1 aromatic heterocycles. The van der Waals surface area contributed by atoms with E-state index in [0.29, 0.717) is 32.5 Å². The van der Waals surface area contributed by atoms with Gasteiger partial charge in [0, 0.05) is 10.6 Å². The Morgan fingerprint density at radius 1 is 1.29 bits per heavy atom. The molecular formula is C20H16BrClN2O3S. The van der Waals surface area contributed by atoms with E-state index in [0.717, 1.165) is 11.1 Å². The van der Waals surface area contributed by atoms with Crippen molar-refractivity contribution in [3.63, 3.8) is 0 Å². The topological polar surface area (TPSA) is 59.9 Å². The van der Waals surface area contributed by atoms with Crippen molar-refractivity contribution in [3.8, 4) is 11.5 Å². The number of carbonyl (C=O) groups excluding carboxylic acids is 1. The minimum atomic E-state index is -0.253. The van der Waals surface area contributed by atoms with Gasteiger partial charge in [-0.1, -0.05) is 35.9 Å². The summed E-state index contributed by atoms with van der Waals surface area (Å²) in [5.41, 5.74) is 4.11. The lowest BCUT2D eigenvalue weighted by Gasteiger charge is -2.14. The smallest absolute Gasteiger partial charge is 0.281 e. The second-order valence-electron chi connectivity index (χ2n) is 5.59. The molecule has 8 heteroatoms. The van der Waals surface area contributed by atoms with Crippen LogP contribution in [0.2, 0.25) is 5.02 Å². The molecule has 1 amide bonds. The molecule has 0 aliphatic rings. The zero-order valence-electron chi connectivity index (χ0n) is 14.8. The van der Waals surface area contributed by atoms with Crippen LogP contribution in [0.25, 0.3) is 0 Å². The Labute approximate surface area is 180 Å². The lowest BCUT2D eigenvalue weighted by Crippen LogP contribution is -2.16. The van der Waals surface area contributed by atoms with Crippen LogP contribution in [0.1, 0.15) is 20.8 Å². The zero-order valence-corrected chi connectivity index (χ0v) is 18.0. The Morgan fingerprint density at radius 2 is 2.11 bits per heavy atom. The molecule has 2 aromatic carbocycles. The summed E-state index contributed by atoms with van der Waals surface area (Å²) < 4.78 is 12.0. The highest BCUT2D eigenvalue weighted by molar-refractivity contribution is 9.10. The van der Waals surface area contributed by atoms with Crippen molar-refractivity contribution in [3.05, 3.63) is 79.4 Å². The molecule has 0 fully saturated rings. The highest BCUT2D eigenvalue weighted by Gasteiger charge is 2.12. The fourth-order valence-corrected chi connectivity index (χ4v) is 3.73. The molecule has 3 aromatic rings. The van der Waals surface area contributed by atoms with Crippen molar-refractivity contribution in [2.75, 3.05) is 7.11 Å². The van der Waals surface area contributed by atoms with Crippen LogP contribution in [0, 0.1) is 0 Å². The van der Waals surface area contributed by atoms with Gasteiger partial charge < -0.3 is 9.47 Å². The summed E-state index contributed by atoms with van der Waals surface area (Å²) in [6, 6.07) is 14.6. The van der Waals surface area contributed by atoms with E-state index >= 15 is 0 Å². The molecule has 0 unspecified atom stereocenters. The number of hydrogen-bond acceptors (Lipinski definition) is 5. The first kappa shape index (κ1) is 20.4. The molecule has 0 spiro atoms. The van der Waals surface area contributed by atoms with Crippen LogP contribution in [-0.4, -0.2) is 19.2 Å². The number of hydrazone groups is 1. The molecule has 0 radical (unpaired) electrons. The van der Waals surface area contributed by atoms with E-state index in [9.17, 15) is 4.79 Å². The van der Waals surface area contributed by atoms with E-state index in [1.807, 2.05) is 41.8 Å². The Morgan fingerprint density at radius 3 is 2.82 bits per heavy atom. The summed E-state index contributed by atoms with van der Waals surface area (Å²) in [5.74, 6) is 0.839. The third kappa shape index (κ3) is 5.13. The van der Waals surface area contributed by atoms with Gasteiger partial charge in [-0.2, -0.15) is 5.10 Å². The SMILES string of the molecule is COc1cc(/C=N\NC(=O)c2cccs2)cc(Br)c1OCc1ccccc1Cl. The molecular weight excluding hydrogens is 464 g/mol. The number of rotatable bonds is 7. The molecule has 1 heterocycles. The third-order valence-electron chi connectivity index (χ3n) is 3.71. The van der Waals surface area contributed by atoms with Gasteiger partial charge in [-0.05, 0) is 51.1 Å². The van der Waals surface area contributed by atoms with Crippen molar-refractivity contribution >= 4 is 51.0 Å². The maximum Gasteiger partial charge on any atom is 0.281 e. The van der Waals surface area contributed by atoms with Gasteiger partial charge in [0.2, 0.25) is 0 Å². The first-order chi connectivity index (χ1) is 13.6. The van der Waals surface area contributed by atoms with E-state index in [1.54, 1.807) is 19.2 Å². The van der Waals surface area contributed by atoms with Gasteiger partial charge in [0.15, 0.2) is 11.5 Å². The number of methoxy groups -OCH3 is 1. The van der Waals surface area contributed by atoms with Crippen LogP contribution in [0.5, 0.6) is 11.5 Å². The number of hydrogen-bond donors (Lipinski definition) is 1. The first-order valence-corrected chi connectivity index (χ1v) is 10.2. The number of carbonyl (C=O) groups is 1. The van der Waals surface area contributed by atoms with E-state index in [2.05, 4.69) is 26.5 Å². The number of nitrogens with one attached hydrogen (secondary N) is 1. The predicted octanol–water partition coefficient (Wildman–Crippen LogP) is 5.52. The fraction of sp³-hybridized carbons (Fsp3) is 0.100. The summed E-state index contributed by atoms with van der Waals surface area (Å²) in [5, 5.41) is 6.47. The third-order valence-corrected chi connectivity index (χ3v) is 5.53. The van der Waals surface area contributed by atoms with Crippen molar-refractivity contribution in [2.45, 2.75) is 6.61 Å². The van der Waals surface area contributed by atoms with E-state index in [1.165, 1.54) is 17.6 Å². The molecule has 5 nitrogen and oxygen atoms in total. The molecule has 0 saturated heterocycles. The van der Waals surface area contributed by atoms with Gasteiger partial charge in [-0.25, -0.2) is 5.43 Å². The minimum absolute atomic E-state index is 0.253. The molecule has 3 rings (SSSR count). The first-order valence-electron chi connectivity index (χ1n) is 8.19. The standard InChI is InChI=1S/C20H16BrClN2O3S/c1-26-17-10-13(11-23-24-20(25)18-7-4-8-28-18)9-15(21)19(17)27-12-14-5-2-3-6-16(14)22/h2-11H,12H2,1H3,(H,24,25)/b23-11-. The van der Waals surface area contributed by atoms with Gasteiger partial charge in [0.1, 0.15) is 6.61 Å². The molecule has 28 heavy (non-hydrogen) atoms. The van der Waals surface area contributed by atoms with Crippen molar-refractivity contribution < 1.29 is 14.3 Å². The van der Waals surface area contributed by atoms with Crippen LogP contribution >= 0.6 is 38.9 Å². The number of benzene rings is 2. The van der Waals surface area contributed by atoms with Crippen LogP contribution in [0.4, 0.5) is 0 Å². The molecule has 0 atom stereocenters. The monoisotopic (exact) mass is 478 g/mol. The molecule has 144 valence electrons. The second kappa shape index (κ2) is 9.73. The Hall–Kier alpha value is -2.35. The predicted molar refractivity (Wildman–Crippen MR) is 116 cm³/mol. The summed E-state index contributed by atoms with van der Waals surface area (Å²) in [6.45, 7) is 0.305. The highest BCUT2D eigenvalue weighted by Crippen LogP contribution is 2.37. The summed E-state index contributed by atoms with van der Waals surface area (Å²) >= 11 is 11.0. The summed E-state index contributed by atoms with van der Waals surface area (Å²) in [7, 11) is 1.56. The normalized spacial score (nSPS) is 10.8. The van der Waals surface area contributed by atoms with Crippen LogP contribution in [-0.2, 0) is 6.61 Å². The highest BCUT2D eigenvalue weighted by atomic mass is 79.9. The lowest BCUT2D eigenvalue weighted by molar-refractivity contribution is 0.0959. The second-order valence-corrected chi connectivity index (χ2v) is 7.80. The van der Waals surface area contributed by atoms with Crippen LogP contribution in [0.15, 0.2) is 63.5 Å². The minimum Gasteiger partial charge on any atom is -0.493 e. The quantitative estimate of drug-likeness (QED) is 0.359. The Kier molecular flexibility index (Phi) is 7.08. The zero-order chi connectivity index (χ0) is 19.9. The molecule has 1 N–H and O–H groups in total. The number of nitrogens with zero attached hydrogens (tertiary/aromatic N) is 1. The number of halogens is 2. The van der Waals surface area contributed by atoms with Gasteiger partial charge >= 0.3 is 0 Å². The fourth-order valence-electron chi connectivity index (χ4n) is 2.35. The number of amides is 1. The van der Waals surface area contributed by atoms with Gasteiger partial charge in [0.25, 0.3) is 5.91 Å². The molecule has 0 bridgehead atoms. The van der Waals surface area contributed by atoms with Crippen molar-refractivity contribution in [2.24, 2.45) is 5.10 Å². The number of ether oxygens (including phenoxy) is 2. The van der Waals surface area contributed by atoms with Gasteiger partial charge in [-0.3, -0.25) is 4.79 Å². The van der Waals surface area contributed by atoms with E-state index in [-0.39, 0.29) is 5.91 Å². The van der Waals surface area contributed by atoms with Crippen molar-refractivity contribution in [1.82, 2.24) is 5.43 Å². The maximum atomic E-state index is 11.9. The average molecular weight is 480 g/mol. The molecule has 0 aliphatic carbocycles. The average Bonchev–Trinajstić information content (AvgIpc) is 3.23. The summed E-state index contributed by atoms with van der Waals surface area (Å²) in [4.78, 5) is 12.5. The largest absolute Gasteiger partial charge is 0.493 e. The van der Waals surface area contributed by atoms with Gasteiger partial charge in [-0.15, -0.1) is 11.3 Å². The van der Waals surface area contributed by atoms with E-state index in [4.69, 9.17) is 21.1 Å². The van der Waals surface area contributed by atoms with Gasteiger partial charge in [0.05, 0.1) is 22.7 Å². The maximum absolute atomic E-state index is 11.9. The lowest BCUT2D eigenvalue weighted by atomic mass is 10.2. The molecule has 0 aliphatic heterocycles. The Bertz CT molecular complexity index is 993. The van der Waals surface area contributed by atoms with E-state index < -0.39 is 0 Å². The summed E-state index contributed by atoms with van der Waals surface area (Å²) in [6.07, 6.45) is 1.54. The number of thiophene rings is 1. The van der Waals surface area contributed by atoms with Crippen LogP contribution in [0.3, 0.4) is 0 Å². The molecule has 0 saturated carbocycles. The van der Waals surface area contributed by atoms with Crippen molar-refractivity contribution in [1.29, 1.82) is 0 Å².